The predicted octanol–water partition coefficient (Wildman–Crippen LogP) is 2.80. The molecule has 0 unspecified atom stereocenters. The Kier molecular flexibility index (Phi) is 4.33. The van der Waals surface area contributed by atoms with Crippen molar-refractivity contribution in [3.8, 4) is 11.4 Å². The van der Waals surface area contributed by atoms with Gasteiger partial charge < -0.3 is 15.5 Å². The van der Waals surface area contributed by atoms with Crippen LogP contribution in [-0.2, 0) is 4.74 Å². The predicted molar refractivity (Wildman–Crippen MR) is 102 cm³/mol. The number of aryl methyl sites for hydroxylation is 1. The van der Waals surface area contributed by atoms with Gasteiger partial charge in [0, 0.05) is 29.1 Å². The van der Waals surface area contributed by atoms with Crippen molar-refractivity contribution >= 4 is 33.6 Å². The van der Waals surface area contributed by atoms with Crippen molar-refractivity contribution < 1.29 is 4.74 Å². The molecule has 0 aliphatic carbocycles. The van der Waals surface area contributed by atoms with E-state index in [2.05, 4.69) is 23.0 Å². The lowest BCUT2D eigenvalue weighted by Gasteiger charge is -2.28. The van der Waals surface area contributed by atoms with Crippen LogP contribution in [0.1, 0.15) is 10.4 Å². The monoisotopic (exact) mass is 353 g/mol. The van der Waals surface area contributed by atoms with Crippen LogP contribution in [-0.4, -0.2) is 42.5 Å². The molecule has 0 spiro atoms. The Labute approximate surface area is 150 Å². The smallest absolute Gasteiger partial charge is 0.162 e. The zero-order valence-electron chi connectivity index (χ0n) is 14.0. The number of fused-ring (bicyclic) bond motifs is 1. The first-order valence-corrected chi connectivity index (χ1v) is 9.01. The number of ether oxygens (including phenoxy) is 1. The van der Waals surface area contributed by atoms with Crippen LogP contribution in [0.2, 0.25) is 0 Å². The van der Waals surface area contributed by atoms with E-state index in [0.29, 0.717) is 5.82 Å². The molecule has 7 heteroatoms. The Hall–Kier alpha value is -2.51. The summed E-state index contributed by atoms with van der Waals surface area (Å²) in [5.41, 5.74) is 2.81. The van der Waals surface area contributed by atoms with Gasteiger partial charge in [-0.25, -0.2) is 9.97 Å². The largest absolute Gasteiger partial charge is 0.378 e. The highest BCUT2D eigenvalue weighted by Crippen LogP contribution is 2.34. The van der Waals surface area contributed by atoms with Crippen LogP contribution in [0.3, 0.4) is 0 Å². The topological polar surface area (TPSA) is 76.6 Å². The first kappa shape index (κ1) is 16.0. The van der Waals surface area contributed by atoms with Gasteiger partial charge in [-0.05, 0) is 13.0 Å². The third-order valence-corrected chi connectivity index (χ3v) is 5.24. The van der Waals surface area contributed by atoms with Crippen LogP contribution in [0.4, 0.5) is 5.82 Å². The Balaban J connectivity index is 1.90. The molecule has 2 aromatic heterocycles. The fraction of sp³-hybridized carbons (Fsp3) is 0.278. The molecule has 128 valence electrons. The number of hydrogen-bond acceptors (Lipinski definition) is 7. The van der Waals surface area contributed by atoms with E-state index in [4.69, 9.17) is 20.5 Å². The second-order valence-corrected chi connectivity index (χ2v) is 7.16. The van der Waals surface area contributed by atoms with Gasteiger partial charge in [-0.3, -0.25) is 0 Å². The summed E-state index contributed by atoms with van der Waals surface area (Å²) >= 11 is 1.74. The summed E-state index contributed by atoms with van der Waals surface area (Å²) in [6.07, 6.45) is 1.64. The average molecular weight is 353 g/mol. The lowest BCUT2D eigenvalue weighted by Crippen LogP contribution is -2.36. The van der Waals surface area contributed by atoms with Crippen molar-refractivity contribution in [2.75, 3.05) is 31.2 Å². The molecule has 4 rings (SSSR count). The molecular formula is C18H19N5OS. The molecule has 0 bridgehead atoms. The zero-order valence-corrected chi connectivity index (χ0v) is 14.8. The second kappa shape index (κ2) is 6.78. The number of morpholine rings is 1. The Morgan fingerprint density at radius 3 is 2.84 bits per heavy atom. The van der Waals surface area contributed by atoms with Gasteiger partial charge in [0.05, 0.1) is 29.6 Å². The molecule has 1 fully saturated rings. The first-order valence-electron chi connectivity index (χ1n) is 8.20. The quantitative estimate of drug-likeness (QED) is 0.445. The maximum absolute atomic E-state index is 5.49. The Morgan fingerprint density at radius 1 is 1.24 bits per heavy atom. The van der Waals surface area contributed by atoms with Crippen LogP contribution in [0, 0.1) is 6.92 Å². The number of hydrazone groups is 1. The van der Waals surface area contributed by atoms with Crippen molar-refractivity contribution in [3.63, 3.8) is 0 Å². The molecule has 0 amide bonds. The molecule has 0 atom stereocenters. The number of aromatic nitrogens is 2. The van der Waals surface area contributed by atoms with E-state index in [1.54, 1.807) is 17.6 Å². The molecule has 25 heavy (non-hydrogen) atoms. The van der Waals surface area contributed by atoms with Gasteiger partial charge in [-0.15, -0.1) is 11.3 Å². The molecular weight excluding hydrogens is 334 g/mol. The summed E-state index contributed by atoms with van der Waals surface area (Å²) in [5.74, 6) is 7.04. The van der Waals surface area contributed by atoms with Crippen molar-refractivity contribution in [3.05, 3.63) is 40.8 Å². The number of nitrogens with zero attached hydrogens (tertiary/aromatic N) is 4. The number of thiophene rings is 1. The summed E-state index contributed by atoms with van der Waals surface area (Å²) in [6, 6.07) is 10.0. The molecule has 1 aliphatic heterocycles. The molecule has 1 saturated heterocycles. The van der Waals surface area contributed by atoms with Crippen LogP contribution in [0.5, 0.6) is 0 Å². The minimum atomic E-state index is 0.697. The van der Waals surface area contributed by atoms with E-state index in [-0.39, 0.29) is 0 Å². The lowest BCUT2D eigenvalue weighted by atomic mass is 10.1. The molecule has 3 heterocycles. The third-order valence-electron chi connectivity index (χ3n) is 4.20. The number of benzene rings is 1. The Morgan fingerprint density at radius 2 is 2.04 bits per heavy atom. The van der Waals surface area contributed by atoms with Gasteiger partial charge in [-0.2, -0.15) is 5.10 Å². The fourth-order valence-corrected chi connectivity index (χ4v) is 4.01. The normalized spacial score (nSPS) is 15.3. The standard InChI is InChI=1S/C18H19N5OS/c1-12-10-15-16(25-12)18(23-6-8-24-9-7-23)22-17(21-15)14-5-3-2-4-13(14)11-20-19/h2-5,10-11H,6-9,19H2,1H3/b20-11-. The number of hydrogen-bond donors (Lipinski definition) is 1. The van der Waals surface area contributed by atoms with Crippen LogP contribution in [0.15, 0.2) is 35.4 Å². The minimum absolute atomic E-state index is 0.697. The summed E-state index contributed by atoms with van der Waals surface area (Å²) in [6.45, 7) is 5.23. The summed E-state index contributed by atoms with van der Waals surface area (Å²) in [4.78, 5) is 13.2. The van der Waals surface area contributed by atoms with E-state index in [1.807, 2.05) is 24.3 Å². The maximum Gasteiger partial charge on any atom is 0.162 e. The van der Waals surface area contributed by atoms with Crippen LogP contribution < -0.4 is 10.7 Å². The highest BCUT2D eigenvalue weighted by atomic mass is 32.1. The SMILES string of the molecule is Cc1cc2nc(-c3ccccc3/C=N\N)nc(N3CCOCC3)c2s1. The molecule has 2 N–H and O–H groups in total. The molecule has 1 aliphatic rings. The van der Waals surface area contributed by atoms with Gasteiger partial charge in [-0.1, -0.05) is 24.3 Å². The summed E-state index contributed by atoms with van der Waals surface area (Å²) < 4.78 is 6.62. The number of rotatable bonds is 3. The van der Waals surface area contributed by atoms with E-state index in [1.165, 1.54) is 4.88 Å². The van der Waals surface area contributed by atoms with E-state index in [0.717, 1.165) is 53.5 Å². The van der Waals surface area contributed by atoms with E-state index < -0.39 is 0 Å². The van der Waals surface area contributed by atoms with Crippen molar-refractivity contribution in [2.45, 2.75) is 6.92 Å². The van der Waals surface area contributed by atoms with Gasteiger partial charge in [0.2, 0.25) is 0 Å². The van der Waals surface area contributed by atoms with Crippen LogP contribution in [0.25, 0.3) is 21.6 Å². The summed E-state index contributed by atoms with van der Waals surface area (Å²) in [7, 11) is 0. The van der Waals surface area contributed by atoms with Crippen molar-refractivity contribution in [1.29, 1.82) is 0 Å². The van der Waals surface area contributed by atoms with Gasteiger partial charge in [0.1, 0.15) is 0 Å². The second-order valence-electron chi connectivity index (χ2n) is 5.91. The van der Waals surface area contributed by atoms with Crippen molar-refractivity contribution in [2.24, 2.45) is 10.9 Å². The third kappa shape index (κ3) is 3.08. The molecule has 0 saturated carbocycles. The highest BCUT2D eigenvalue weighted by Gasteiger charge is 2.20. The summed E-state index contributed by atoms with van der Waals surface area (Å²) in [5, 5.41) is 3.67. The molecule has 1 aromatic carbocycles. The highest BCUT2D eigenvalue weighted by molar-refractivity contribution is 7.19. The fourth-order valence-electron chi connectivity index (χ4n) is 3.04. The lowest BCUT2D eigenvalue weighted by molar-refractivity contribution is 0.122. The van der Waals surface area contributed by atoms with Crippen molar-refractivity contribution in [1.82, 2.24) is 9.97 Å². The van der Waals surface area contributed by atoms with E-state index in [9.17, 15) is 0 Å². The average Bonchev–Trinajstić information content (AvgIpc) is 3.02. The first-order chi connectivity index (χ1) is 12.3. The van der Waals surface area contributed by atoms with Crippen LogP contribution >= 0.6 is 11.3 Å². The van der Waals surface area contributed by atoms with Gasteiger partial charge in [0.15, 0.2) is 11.6 Å². The Bertz CT molecular complexity index is 930. The zero-order chi connectivity index (χ0) is 17.2. The molecule has 3 aromatic rings. The van der Waals surface area contributed by atoms with Gasteiger partial charge in [0.25, 0.3) is 0 Å². The minimum Gasteiger partial charge on any atom is -0.378 e. The number of anilines is 1. The molecule has 0 radical (unpaired) electrons. The van der Waals surface area contributed by atoms with Gasteiger partial charge >= 0.3 is 0 Å². The molecule has 6 nitrogen and oxygen atoms in total. The maximum atomic E-state index is 5.49. The van der Waals surface area contributed by atoms with E-state index >= 15 is 0 Å². The number of nitrogens with two attached hydrogens (primary N) is 1.